The summed E-state index contributed by atoms with van der Waals surface area (Å²) < 4.78 is 47.3. The van der Waals surface area contributed by atoms with Crippen molar-refractivity contribution in [3.63, 3.8) is 0 Å². The van der Waals surface area contributed by atoms with E-state index in [-0.39, 0.29) is 17.8 Å². The Balaban J connectivity index is 2.01. The van der Waals surface area contributed by atoms with Crippen LogP contribution in [0.4, 0.5) is 13.2 Å². The van der Waals surface area contributed by atoms with Crippen molar-refractivity contribution in [1.82, 2.24) is 19.5 Å². The van der Waals surface area contributed by atoms with E-state index < -0.39 is 29.0 Å². The van der Waals surface area contributed by atoms with E-state index in [0.717, 1.165) is 16.3 Å². The molecule has 0 aliphatic heterocycles. The number of ether oxygens (including phenoxy) is 1. The zero-order valence-corrected chi connectivity index (χ0v) is 16.4. The van der Waals surface area contributed by atoms with Crippen molar-refractivity contribution < 1.29 is 17.9 Å². The van der Waals surface area contributed by atoms with Crippen molar-refractivity contribution in [2.75, 3.05) is 7.11 Å². The van der Waals surface area contributed by atoms with Crippen LogP contribution in [0, 0.1) is 0 Å². The molecule has 1 atom stereocenters. The van der Waals surface area contributed by atoms with E-state index in [2.05, 4.69) is 15.0 Å². The summed E-state index contributed by atoms with van der Waals surface area (Å²) in [6.45, 7) is 0. The van der Waals surface area contributed by atoms with E-state index in [0.29, 0.717) is 5.69 Å². The molecule has 0 aliphatic carbocycles. The topological polar surface area (TPSA) is 69.9 Å². The highest BCUT2D eigenvalue weighted by atomic mass is 32.1. The van der Waals surface area contributed by atoms with Crippen LogP contribution >= 0.6 is 11.3 Å². The Labute approximate surface area is 172 Å². The quantitative estimate of drug-likeness (QED) is 0.470. The number of rotatable bonds is 5. The van der Waals surface area contributed by atoms with Crippen molar-refractivity contribution in [1.29, 1.82) is 0 Å². The molecular weight excluding hydrogens is 417 g/mol. The fraction of sp³-hybridized carbons (Fsp3) is 0.200. The Hall–Kier alpha value is -3.11. The highest BCUT2D eigenvalue weighted by molar-refractivity contribution is 7.07. The molecule has 0 N–H and O–H groups in total. The Kier molecular flexibility index (Phi) is 5.35. The van der Waals surface area contributed by atoms with E-state index in [9.17, 15) is 18.0 Å². The lowest BCUT2D eigenvalue weighted by Gasteiger charge is -2.22. The molecule has 0 fully saturated rings. The van der Waals surface area contributed by atoms with Gasteiger partial charge in [-0.25, -0.2) is 9.97 Å². The van der Waals surface area contributed by atoms with Crippen molar-refractivity contribution in [2.24, 2.45) is 0 Å². The largest absolute Gasteiger partial charge is 0.434 e. The lowest BCUT2D eigenvalue weighted by molar-refractivity contribution is -0.139. The molecule has 0 spiro atoms. The van der Waals surface area contributed by atoms with Crippen molar-refractivity contribution in [2.45, 2.75) is 18.8 Å². The number of benzene rings is 1. The predicted octanol–water partition coefficient (Wildman–Crippen LogP) is 4.32. The summed E-state index contributed by atoms with van der Waals surface area (Å²) in [7, 11) is 1.39. The van der Waals surface area contributed by atoms with Crippen molar-refractivity contribution in [3.8, 4) is 11.5 Å². The van der Waals surface area contributed by atoms with Gasteiger partial charge in [-0.05, 0) is 11.6 Å². The van der Waals surface area contributed by atoms with Gasteiger partial charge in [0, 0.05) is 25.1 Å². The molecule has 0 amide bonds. The van der Waals surface area contributed by atoms with Crippen LogP contribution in [0.25, 0.3) is 22.4 Å². The van der Waals surface area contributed by atoms with Gasteiger partial charge >= 0.3 is 6.18 Å². The second-order valence-electron chi connectivity index (χ2n) is 6.42. The summed E-state index contributed by atoms with van der Waals surface area (Å²) in [6, 6.07) is 10.5. The minimum atomic E-state index is -4.80. The summed E-state index contributed by atoms with van der Waals surface area (Å²) in [5, 5.41) is 1.07. The van der Waals surface area contributed by atoms with Gasteiger partial charge in [0.1, 0.15) is 11.9 Å². The first-order valence-electron chi connectivity index (χ1n) is 8.84. The maximum Gasteiger partial charge on any atom is 0.434 e. The van der Waals surface area contributed by atoms with E-state index in [1.807, 2.05) is 30.3 Å². The van der Waals surface area contributed by atoms with Crippen LogP contribution in [0.1, 0.15) is 17.5 Å². The highest BCUT2D eigenvalue weighted by Gasteiger charge is 2.37. The molecule has 0 saturated carbocycles. The minimum Gasteiger partial charge on any atom is -0.361 e. The summed E-state index contributed by atoms with van der Waals surface area (Å²) in [6.07, 6.45) is -4.45. The van der Waals surface area contributed by atoms with E-state index >= 15 is 0 Å². The van der Waals surface area contributed by atoms with Crippen molar-refractivity contribution in [3.05, 3.63) is 75.1 Å². The summed E-state index contributed by atoms with van der Waals surface area (Å²) in [4.78, 5) is 25.3. The highest BCUT2D eigenvalue weighted by Crippen LogP contribution is 2.32. The van der Waals surface area contributed by atoms with Gasteiger partial charge in [0.2, 0.25) is 0 Å². The van der Waals surface area contributed by atoms with E-state index in [1.165, 1.54) is 24.5 Å². The van der Waals surface area contributed by atoms with Gasteiger partial charge in [0.05, 0.1) is 16.4 Å². The molecule has 6 nitrogen and oxygen atoms in total. The number of methoxy groups -OCH3 is 1. The molecule has 4 aromatic rings. The fourth-order valence-corrected chi connectivity index (χ4v) is 3.75. The van der Waals surface area contributed by atoms with Crippen LogP contribution < -0.4 is 5.56 Å². The molecule has 0 aliphatic rings. The third kappa shape index (κ3) is 3.71. The van der Waals surface area contributed by atoms with Crippen LogP contribution in [0.3, 0.4) is 0 Å². The minimum absolute atomic E-state index is 0.101. The average Bonchev–Trinajstić information content (AvgIpc) is 3.27. The number of halogens is 3. The SMILES string of the molecule is COC(Cc1ccccc1)n1c(-c2cscn2)nc2ccnc(C(F)(F)F)c2c1=O. The second-order valence-corrected chi connectivity index (χ2v) is 7.13. The first kappa shape index (κ1) is 20.2. The van der Waals surface area contributed by atoms with Crippen LogP contribution in [-0.4, -0.2) is 26.6 Å². The molecule has 0 saturated heterocycles. The Bertz CT molecular complexity index is 1220. The molecule has 4 rings (SSSR count). The summed E-state index contributed by atoms with van der Waals surface area (Å²) in [5.41, 5.74) is 0.526. The lowest BCUT2D eigenvalue weighted by atomic mass is 10.1. The third-order valence-corrected chi connectivity index (χ3v) is 5.15. The maximum atomic E-state index is 13.6. The standard InChI is InChI=1S/C20H15F3N4O2S/c1-29-15(9-12-5-3-2-4-6-12)27-18(14-10-30-11-25-14)26-13-7-8-24-17(20(21,22)23)16(13)19(27)28/h2-8,10-11,15H,9H2,1H3. The third-order valence-electron chi connectivity index (χ3n) is 4.56. The molecule has 10 heteroatoms. The molecule has 30 heavy (non-hydrogen) atoms. The zero-order valence-electron chi connectivity index (χ0n) is 15.6. The number of aromatic nitrogens is 4. The molecule has 3 aromatic heterocycles. The van der Waals surface area contributed by atoms with Gasteiger partial charge in [0.15, 0.2) is 11.5 Å². The first-order valence-corrected chi connectivity index (χ1v) is 9.78. The van der Waals surface area contributed by atoms with E-state index in [4.69, 9.17) is 4.74 Å². The predicted molar refractivity (Wildman–Crippen MR) is 106 cm³/mol. The monoisotopic (exact) mass is 432 g/mol. The van der Waals surface area contributed by atoms with Crippen LogP contribution in [0.2, 0.25) is 0 Å². The average molecular weight is 432 g/mol. The fourth-order valence-electron chi connectivity index (χ4n) is 3.22. The van der Waals surface area contributed by atoms with Gasteiger partial charge in [-0.2, -0.15) is 13.2 Å². The molecule has 1 aromatic carbocycles. The summed E-state index contributed by atoms with van der Waals surface area (Å²) in [5.74, 6) is 0.135. The summed E-state index contributed by atoms with van der Waals surface area (Å²) >= 11 is 1.29. The Morgan fingerprint density at radius 2 is 1.93 bits per heavy atom. The number of thiazole rings is 1. The Morgan fingerprint density at radius 3 is 2.57 bits per heavy atom. The van der Waals surface area contributed by atoms with Crippen molar-refractivity contribution >= 4 is 22.2 Å². The lowest BCUT2D eigenvalue weighted by Crippen LogP contribution is -2.31. The molecular formula is C20H15F3N4O2S. The number of pyridine rings is 1. The molecule has 0 radical (unpaired) electrons. The van der Waals surface area contributed by atoms with E-state index in [1.54, 1.807) is 10.9 Å². The number of nitrogens with zero attached hydrogens (tertiary/aromatic N) is 4. The Morgan fingerprint density at radius 1 is 1.17 bits per heavy atom. The van der Waals surface area contributed by atoms with Crippen LogP contribution in [0.5, 0.6) is 0 Å². The van der Waals surface area contributed by atoms with Gasteiger partial charge in [0.25, 0.3) is 5.56 Å². The number of alkyl halides is 3. The van der Waals surface area contributed by atoms with Crippen LogP contribution in [-0.2, 0) is 17.3 Å². The van der Waals surface area contributed by atoms with Gasteiger partial charge in [-0.1, -0.05) is 30.3 Å². The molecule has 1 unspecified atom stereocenters. The van der Waals surface area contributed by atoms with Crippen LogP contribution in [0.15, 0.2) is 58.3 Å². The zero-order chi connectivity index (χ0) is 21.3. The van der Waals surface area contributed by atoms with Gasteiger partial charge in [-0.3, -0.25) is 14.3 Å². The number of hydrogen-bond donors (Lipinski definition) is 0. The first-order chi connectivity index (χ1) is 14.4. The maximum absolute atomic E-state index is 13.6. The normalized spacial score (nSPS) is 12.9. The smallest absolute Gasteiger partial charge is 0.361 e. The number of fused-ring (bicyclic) bond motifs is 1. The molecule has 0 bridgehead atoms. The number of hydrogen-bond acceptors (Lipinski definition) is 6. The van der Waals surface area contributed by atoms with Gasteiger partial charge in [-0.15, -0.1) is 11.3 Å². The molecule has 154 valence electrons. The molecule has 3 heterocycles. The van der Waals surface area contributed by atoms with Gasteiger partial charge < -0.3 is 4.74 Å². The second kappa shape index (κ2) is 7.96.